The first kappa shape index (κ1) is 16.6. The fraction of sp³-hybridized carbons (Fsp3) is 0.471. The van der Waals surface area contributed by atoms with Crippen LogP contribution in [0.3, 0.4) is 0 Å². The number of benzene rings is 1. The predicted octanol–water partition coefficient (Wildman–Crippen LogP) is 4.28. The summed E-state index contributed by atoms with van der Waals surface area (Å²) < 4.78 is 38.2. The van der Waals surface area contributed by atoms with Crippen molar-refractivity contribution in [3.63, 3.8) is 0 Å². The molecule has 0 radical (unpaired) electrons. The molecule has 1 atom stereocenters. The zero-order valence-electron chi connectivity index (χ0n) is 12.4. The number of carbonyl (C=O) groups is 1. The Balaban J connectivity index is 1.78. The largest absolute Gasteiger partial charge is 0.393 e. The number of alkyl halides is 3. The van der Waals surface area contributed by atoms with Gasteiger partial charge in [-0.1, -0.05) is 42.5 Å². The Morgan fingerprint density at radius 1 is 1.27 bits per heavy atom. The summed E-state index contributed by atoms with van der Waals surface area (Å²) in [6, 6.07) is 9.69. The van der Waals surface area contributed by atoms with E-state index in [0.29, 0.717) is 19.4 Å². The average molecular weight is 311 g/mol. The molecule has 5 heteroatoms. The van der Waals surface area contributed by atoms with Gasteiger partial charge in [-0.3, -0.25) is 4.79 Å². The van der Waals surface area contributed by atoms with Gasteiger partial charge >= 0.3 is 6.18 Å². The molecule has 2 nitrogen and oxygen atoms in total. The molecule has 1 saturated heterocycles. The second-order valence-corrected chi connectivity index (χ2v) is 5.57. The lowest BCUT2D eigenvalue weighted by molar-refractivity contribution is -0.188. The molecule has 2 rings (SSSR count). The van der Waals surface area contributed by atoms with Crippen LogP contribution in [0, 0.1) is 5.92 Å². The normalized spacial score (nSPS) is 19.6. The zero-order valence-corrected chi connectivity index (χ0v) is 12.4. The lowest BCUT2D eigenvalue weighted by Crippen LogP contribution is -2.44. The monoisotopic (exact) mass is 311 g/mol. The molecule has 0 saturated carbocycles. The van der Waals surface area contributed by atoms with Crippen LogP contribution in [0.25, 0.3) is 6.08 Å². The fourth-order valence-electron chi connectivity index (χ4n) is 2.62. The molecule has 120 valence electrons. The molecule has 1 aromatic carbocycles. The minimum atomic E-state index is -4.20. The second-order valence-electron chi connectivity index (χ2n) is 5.57. The molecule has 1 aromatic rings. The summed E-state index contributed by atoms with van der Waals surface area (Å²) in [4.78, 5) is 13.4. The first-order valence-corrected chi connectivity index (χ1v) is 7.53. The van der Waals surface area contributed by atoms with Crippen LogP contribution in [0.1, 0.15) is 31.2 Å². The van der Waals surface area contributed by atoms with Gasteiger partial charge in [0.15, 0.2) is 0 Å². The van der Waals surface area contributed by atoms with Crippen molar-refractivity contribution >= 4 is 12.0 Å². The number of hydrogen-bond acceptors (Lipinski definition) is 1. The molecular weight excluding hydrogens is 291 g/mol. The minimum absolute atomic E-state index is 0.126. The number of nitrogens with zero attached hydrogens (tertiary/aromatic N) is 1. The number of halogens is 3. The van der Waals surface area contributed by atoms with Gasteiger partial charge in [-0.25, -0.2) is 0 Å². The Morgan fingerprint density at radius 2 is 2.00 bits per heavy atom. The van der Waals surface area contributed by atoms with E-state index < -0.39 is 12.1 Å². The van der Waals surface area contributed by atoms with Gasteiger partial charge < -0.3 is 4.90 Å². The van der Waals surface area contributed by atoms with Crippen molar-refractivity contribution in [3.8, 4) is 0 Å². The lowest BCUT2D eigenvalue weighted by atomic mass is 9.97. The number of hydrogen-bond donors (Lipinski definition) is 0. The molecule has 1 amide bonds. The van der Waals surface area contributed by atoms with Crippen molar-refractivity contribution in [1.82, 2.24) is 4.90 Å². The summed E-state index contributed by atoms with van der Waals surface area (Å²) in [6.07, 6.45) is 0.957. The Labute approximate surface area is 128 Å². The van der Waals surface area contributed by atoms with Gasteiger partial charge in [-0.15, -0.1) is 0 Å². The van der Waals surface area contributed by atoms with Gasteiger partial charge in [0.25, 0.3) is 0 Å². The van der Waals surface area contributed by atoms with Gasteiger partial charge in [0.2, 0.25) is 5.91 Å². The van der Waals surface area contributed by atoms with Gasteiger partial charge in [0.05, 0.1) is 5.92 Å². The van der Waals surface area contributed by atoms with Crippen LogP contribution in [0.15, 0.2) is 36.4 Å². The minimum Gasteiger partial charge on any atom is -0.342 e. The summed E-state index contributed by atoms with van der Waals surface area (Å²) in [6.45, 7) is 0.249. The van der Waals surface area contributed by atoms with Crippen molar-refractivity contribution in [2.75, 3.05) is 13.1 Å². The van der Waals surface area contributed by atoms with Gasteiger partial charge in [-0.2, -0.15) is 13.2 Å². The Bertz CT molecular complexity index is 510. The summed E-state index contributed by atoms with van der Waals surface area (Å²) in [5.41, 5.74) is 1.05. The topological polar surface area (TPSA) is 20.3 Å². The van der Waals surface area contributed by atoms with Gasteiger partial charge in [0, 0.05) is 19.5 Å². The van der Waals surface area contributed by atoms with E-state index in [1.807, 2.05) is 42.5 Å². The van der Waals surface area contributed by atoms with Gasteiger partial charge in [-0.05, 0) is 24.8 Å². The number of rotatable bonds is 4. The summed E-state index contributed by atoms with van der Waals surface area (Å²) >= 11 is 0. The Kier molecular flexibility index (Phi) is 5.63. The molecule has 1 aliphatic heterocycles. The van der Waals surface area contributed by atoms with Crippen molar-refractivity contribution in [1.29, 1.82) is 0 Å². The number of allylic oxidation sites excluding steroid dienone is 1. The van der Waals surface area contributed by atoms with E-state index in [2.05, 4.69) is 0 Å². The standard InChI is InChI=1S/C17H20F3NO/c18-17(19,20)15-10-6-12-21(13-15)16(22)11-5-4-9-14-7-2-1-3-8-14/h1-4,7-9,15H,5-6,10-13H2/b9-4+. The predicted molar refractivity (Wildman–Crippen MR) is 80.1 cm³/mol. The first-order valence-electron chi connectivity index (χ1n) is 7.53. The van der Waals surface area contributed by atoms with Crippen molar-refractivity contribution in [2.24, 2.45) is 5.92 Å². The maximum Gasteiger partial charge on any atom is 0.393 e. The SMILES string of the molecule is O=C(CC/C=C/c1ccccc1)N1CCCC(C(F)(F)F)C1. The number of piperidine rings is 1. The van der Waals surface area contributed by atoms with Crippen LogP contribution >= 0.6 is 0 Å². The van der Waals surface area contributed by atoms with Crippen LogP contribution in [0.5, 0.6) is 0 Å². The first-order chi connectivity index (χ1) is 10.5. The van der Waals surface area contributed by atoms with Crippen LogP contribution in [0.4, 0.5) is 13.2 Å². The van der Waals surface area contributed by atoms with E-state index >= 15 is 0 Å². The molecule has 1 fully saturated rings. The molecule has 1 unspecified atom stereocenters. The molecule has 0 aliphatic carbocycles. The van der Waals surface area contributed by atoms with E-state index in [0.717, 1.165) is 5.56 Å². The molecule has 1 heterocycles. The molecule has 0 N–H and O–H groups in total. The van der Waals surface area contributed by atoms with E-state index in [1.165, 1.54) is 4.90 Å². The summed E-state index contributed by atoms with van der Waals surface area (Å²) in [5, 5.41) is 0. The van der Waals surface area contributed by atoms with Crippen LogP contribution < -0.4 is 0 Å². The number of likely N-dealkylation sites (tertiary alicyclic amines) is 1. The smallest absolute Gasteiger partial charge is 0.342 e. The van der Waals surface area contributed by atoms with E-state index in [4.69, 9.17) is 0 Å². The Hall–Kier alpha value is -1.78. The lowest BCUT2D eigenvalue weighted by Gasteiger charge is -2.33. The van der Waals surface area contributed by atoms with E-state index in [1.54, 1.807) is 0 Å². The van der Waals surface area contributed by atoms with Crippen LogP contribution in [0.2, 0.25) is 0 Å². The van der Waals surface area contributed by atoms with Crippen molar-refractivity contribution in [2.45, 2.75) is 31.9 Å². The third kappa shape index (κ3) is 4.90. The maximum atomic E-state index is 12.7. The zero-order chi connectivity index (χ0) is 16.0. The van der Waals surface area contributed by atoms with E-state index in [-0.39, 0.29) is 25.3 Å². The highest BCUT2D eigenvalue weighted by Crippen LogP contribution is 2.33. The van der Waals surface area contributed by atoms with Crippen molar-refractivity contribution < 1.29 is 18.0 Å². The molecule has 0 spiro atoms. The molecule has 1 aliphatic rings. The van der Waals surface area contributed by atoms with Crippen LogP contribution in [-0.2, 0) is 4.79 Å². The van der Waals surface area contributed by atoms with Crippen LogP contribution in [-0.4, -0.2) is 30.1 Å². The average Bonchev–Trinajstić information content (AvgIpc) is 2.52. The Morgan fingerprint density at radius 3 is 2.68 bits per heavy atom. The molecule has 0 bridgehead atoms. The highest BCUT2D eigenvalue weighted by Gasteiger charge is 2.42. The third-order valence-corrected chi connectivity index (χ3v) is 3.87. The molecule has 0 aromatic heterocycles. The fourth-order valence-corrected chi connectivity index (χ4v) is 2.62. The second kappa shape index (κ2) is 7.47. The van der Waals surface area contributed by atoms with E-state index in [9.17, 15) is 18.0 Å². The third-order valence-electron chi connectivity index (χ3n) is 3.87. The number of amides is 1. The molecular formula is C17H20F3NO. The summed E-state index contributed by atoms with van der Waals surface area (Å²) in [7, 11) is 0. The quantitative estimate of drug-likeness (QED) is 0.812. The maximum absolute atomic E-state index is 12.7. The highest BCUT2D eigenvalue weighted by molar-refractivity contribution is 5.76. The molecule has 22 heavy (non-hydrogen) atoms. The summed E-state index contributed by atoms with van der Waals surface area (Å²) in [5.74, 6) is -1.56. The van der Waals surface area contributed by atoms with Crippen molar-refractivity contribution in [3.05, 3.63) is 42.0 Å². The highest BCUT2D eigenvalue weighted by atomic mass is 19.4. The number of carbonyl (C=O) groups excluding carboxylic acids is 1. The van der Waals surface area contributed by atoms with Gasteiger partial charge in [0.1, 0.15) is 0 Å².